The van der Waals surface area contributed by atoms with Crippen molar-refractivity contribution >= 4 is 5.65 Å². The molecule has 0 radical (unpaired) electrons. The molecule has 0 spiro atoms. The molecule has 2 heterocycles. The van der Waals surface area contributed by atoms with E-state index in [9.17, 15) is 0 Å². The topological polar surface area (TPSA) is 42.2 Å². The minimum atomic E-state index is 0.798. The Morgan fingerprint density at radius 1 is 1.53 bits per heavy atom. The Balaban J connectivity index is 1.93. The predicted molar refractivity (Wildman–Crippen MR) is 67.5 cm³/mol. The lowest BCUT2D eigenvalue weighted by Crippen LogP contribution is -2.15. The van der Waals surface area contributed by atoms with Crippen molar-refractivity contribution in [3.05, 3.63) is 29.7 Å². The molecule has 17 heavy (non-hydrogen) atoms. The summed E-state index contributed by atoms with van der Waals surface area (Å²) in [4.78, 5) is 4.35. The first-order valence-corrected chi connectivity index (χ1v) is 5.74. The summed E-state index contributed by atoms with van der Waals surface area (Å²) in [6.07, 6.45) is 10.9. The zero-order valence-electron chi connectivity index (χ0n) is 9.98. The zero-order chi connectivity index (χ0) is 12.1. The van der Waals surface area contributed by atoms with E-state index >= 15 is 0 Å². The Morgan fingerprint density at radius 2 is 2.41 bits per heavy atom. The molecule has 0 bridgehead atoms. The van der Waals surface area contributed by atoms with Crippen LogP contribution in [0.25, 0.3) is 5.65 Å². The Morgan fingerprint density at radius 3 is 3.24 bits per heavy atom. The summed E-state index contributed by atoms with van der Waals surface area (Å²) in [5, 5.41) is 7.66. The summed E-state index contributed by atoms with van der Waals surface area (Å²) in [6.45, 7) is 3.69. The normalized spacial score (nSPS) is 10.6. The first-order chi connectivity index (χ1) is 8.29. The van der Waals surface area contributed by atoms with Crippen molar-refractivity contribution < 1.29 is 0 Å². The lowest BCUT2D eigenvalue weighted by molar-refractivity contribution is 0.654. The highest BCUT2D eigenvalue weighted by molar-refractivity contribution is 5.38. The quantitative estimate of drug-likeness (QED) is 0.623. The number of aromatic nitrogens is 3. The van der Waals surface area contributed by atoms with Crippen LogP contribution in [0, 0.1) is 19.3 Å². The van der Waals surface area contributed by atoms with Crippen LogP contribution in [0.2, 0.25) is 0 Å². The van der Waals surface area contributed by atoms with Gasteiger partial charge in [-0.05, 0) is 19.9 Å². The van der Waals surface area contributed by atoms with Crippen LogP contribution in [0.5, 0.6) is 0 Å². The smallest absolute Gasteiger partial charge is 0.155 e. The van der Waals surface area contributed by atoms with Gasteiger partial charge in [0.15, 0.2) is 5.65 Å². The molecule has 0 amide bonds. The Labute approximate surface area is 101 Å². The largest absolute Gasteiger partial charge is 0.313 e. The van der Waals surface area contributed by atoms with Gasteiger partial charge < -0.3 is 5.32 Å². The third-order valence-electron chi connectivity index (χ3n) is 2.49. The van der Waals surface area contributed by atoms with Gasteiger partial charge in [0.2, 0.25) is 0 Å². The van der Waals surface area contributed by atoms with Gasteiger partial charge in [-0.3, -0.25) is 0 Å². The lowest BCUT2D eigenvalue weighted by atomic mass is 10.3. The van der Waals surface area contributed by atoms with E-state index in [1.165, 1.54) is 0 Å². The van der Waals surface area contributed by atoms with Gasteiger partial charge in [0.1, 0.15) is 0 Å². The summed E-state index contributed by atoms with van der Waals surface area (Å²) >= 11 is 0. The molecule has 2 aromatic heterocycles. The van der Waals surface area contributed by atoms with Crippen LogP contribution in [0.1, 0.15) is 24.1 Å². The maximum absolute atomic E-state index is 5.19. The van der Waals surface area contributed by atoms with Gasteiger partial charge in [-0.25, -0.2) is 9.50 Å². The molecule has 0 saturated carbocycles. The van der Waals surface area contributed by atoms with Gasteiger partial charge in [-0.2, -0.15) is 5.10 Å². The first-order valence-electron chi connectivity index (χ1n) is 5.74. The molecular formula is C13H16N4. The summed E-state index contributed by atoms with van der Waals surface area (Å²) < 4.78 is 1.81. The number of hydrogen-bond acceptors (Lipinski definition) is 3. The van der Waals surface area contributed by atoms with Crippen molar-refractivity contribution in [1.82, 2.24) is 19.9 Å². The van der Waals surface area contributed by atoms with Crippen LogP contribution in [0.4, 0.5) is 0 Å². The highest BCUT2D eigenvalue weighted by atomic mass is 15.2. The van der Waals surface area contributed by atoms with Crippen LogP contribution >= 0.6 is 0 Å². The second-order valence-corrected chi connectivity index (χ2v) is 4.04. The number of rotatable bonds is 5. The fraction of sp³-hybridized carbons (Fsp3) is 0.385. The van der Waals surface area contributed by atoms with Crippen LogP contribution in [-0.4, -0.2) is 21.1 Å². The number of terminal acetylenes is 1. The number of unbranched alkanes of at least 4 members (excludes halogenated alkanes) is 1. The average molecular weight is 228 g/mol. The van der Waals surface area contributed by atoms with Crippen molar-refractivity contribution in [3.8, 4) is 12.3 Å². The number of hydrogen-bond donors (Lipinski definition) is 1. The molecule has 0 aromatic carbocycles. The van der Waals surface area contributed by atoms with Crippen molar-refractivity contribution in [2.24, 2.45) is 0 Å². The van der Waals surface area contributed by atoms with E-state index in [1.54, 1.807) is 0 Å². The van der Waals surface area contributed by atoms with Crippen molar-refractivity contribution in [3.63, 3.8) is 0 Å². The van der Waals surface area contributed by atoms with Gasteiger partial charge in [0.05, 0.1) is 5.69 Å². The van der Waals surface area contributed by atoms with E-state index < -0.39 is 0 Å². The second kappa shape index (κ2) is 5.46. The summed E-state index contributed by atoms with van der Waals surface area (Å²) in [5.41, 5.74) is 3.00. The highest BCUT2D eigenvalue weighted by Gasteiger charge is 2.00. The molecule has 4 nitrogen and oxygen atoms in total. The van der Waals surface area contributed by atoms with Crippen molar-refractivity contribution in [2.45, 2.75) is 26.3 Å². The number of aryl methyl sites for hydroxylation is 1. The maximum Gasteiger partial charge on any atom is 0.155 e. The van der Waals surface area contributed by atoms with E-state index in [0.717, 1.165) is 42.8 Å². The summed E-state index contributed by atoms with van der Waals surface area (Å²) in [5.74, 6) is 2.63. The van der Waals surface area contributed by atoms with Crippen LogP contribution in [0.15, 0.2) is 18.5 Å². The van der Waals surface area contributed by atoms with Gasteiger partial charge in [-0.15, -0.1) is 12.3 Å². The molecular weight excluding hydrogens is 212 g/mol. The molecule has 4 heteroatoms. The van der Waals surface area contributed by atoms with Crippen LogP contribution in [-0.2, 0) is 6.54 Å². The highest BCUT2D eigenvalue weighted by Crippen LogP contribution is 2.04. The average Bonchev–Trinajstić information content (AvgIpc) is 2.68. The van der Waals surface area contributed by atoms with Gasteiger partial charge >= 0.3 is 0 Å². The van der Waals surface area contributed by atoms with E-state index in [2.05, 4.69) is 21.3 Å². The Hall–Kier alpha value is -1.86. The fourth-order valence-electron chi connectivity index (χ4n) is 1.67. The molecule has 1 N–H and O–H groups in total. The van der Waals surface area contributed by atoms with Gasteiger partial charge in [-0.1, -0.05) is 0 Å². The number of fused-ring (bicyclic) bond motifs is 1. The zero-order valence-corrected chi connectivity index (χ0v) is 9.98. The number of nitrogens with one attached hydrogen (secondary N) is 1. The van der Waals surface area contributed by atoms with E-state index in [0.29, 0.717) is 0 Å². The van der Waals surface area contributed by atoms with Crippen LogP contribution in [0.3, 0.4) is 0 Å². The predicted octanol–water partition coefficient (Wildman–Crippen LogP) is 1.54. The minimum absolute atomic E-state index is 0.798. The molecule has 0 unspecified atom stereocenters. The third kappa shape index (κ3) is 3.05. The Bertz CT molecular complexity index is 536. The monoisotopic (exact) mass is 228 g/mol. The molecule has 2 aromatic rings. The molecule has 2 rings (SSSR count). The van der Waals surface area contributed by atoms with Crippen LogP contribution < -0.4 is 5.32 Å². The lowest BCUT2D eigenvalue weighted by Gasteiger charge is -2.03. The first kappa shape index (κ1) is 11.6. The molecule has 0 saturated heterocycles. The molecule has 0 aliphatic heterocycles. The molecule has 0 fully saturated rings. The van der Waals surface area contributed by atoms with Crippen molar-refractivity contribution in [1.29, 1.82) is 0 Å². The molecule has 88 valence electrons. The maximum atomic E-state index is 5.19. The standard InChI is InChI=1S/C13H16N4/c1-3-4-5-6-14-8-12-9-15-13-7-11(2)16-17(13)10-12/h1,7,9-10,14H,4-6,8H2,2H3. The second-order valence-electron chi connectivity index (χ2n) is 4.04. The molecule has 0 aliphatic carbocycles. The summed E-state index contributed by atoms with van der Waals surface area (Å²) in [7, 11) is 0. The third-order valence-corrected chi connectivity index (χ3v) is 2.49. The Kier molecular flexibility index (Phi) is 3.73. The minimum Gasteiger partial charge on any atom is -0.313 e. The van der Waals surface area contributed by atoms with E-state index in [-0.39, 0.29) is 0 Å². The van der Waals surface area contributed by atoms with Gasteiger partial charge in [0, 0.05) is 37.0 Å². The number of nitrogens with zero attached hydrogens (tertiary/aromatic N) is 3. The van der Waals surface area contributed by atoms with E-state index in [1.807, 2.05) is 29.9 Å². The molecule has 0 atom stereocenters. The van der Waals surface area contributed by atoms with Gasteiger partial charge in [0.25, 0.3) is 0 Å². The molecule has 0 aliphatic rings. The fourth-order valence-corrected chi connectivity index (χ4v) is 1.67. The van der Waals surface area contributed by atoms with Crippen molar-refractivity contribution in [2.75, 3.05) is 6.54 Å². The SMILES string of the molecule is C#CCCCNCc1cnc2cc(C)nn2c1. The summed E-state index contributed by atoms with van der Waals surface area (Å²) in [6, 6.07) is 1.96. The van der Waals surface area contributed by atoms with E-state index in [4.69, 9.17) is 6.42 Å².